The molecule has 0 radical (unpaired) electrons. The third-order valence-electron chi connectivity index (χ3n) is 3.59. The Labute approximate surface area is 106 Å². The molecule has 0 aromatic heterocycles. The van der Waals surface area contributed by atoms with Gasteiger partial charge in [0.15, 0.2) is 0 Å². The number of rotatable bonds is 3. The van der Waals surface area contributed by atoms with Gasteiger partial charge in [0.25, 0.3) is 0 Å². The van der Waals surface area contributed by atoms with E-state index >= 15 is 0 Å². The van der Waals surface area contributed by atoms with Gasteiger partial charge in [-0.2, -0.15) is 0 Å². The van der Waals surface area contributed by atoms with Crippen molar-refractivity contribution in [3.63, 3.8) is 0 Å². The third kappa shape index (κ3) is 2.93. The zero-order valence-corrected chi connectivity index (χ0v) is 10.6. The summed E-state index contributed by atoms with van der Waals surface area (Å²) >= 11 is 0. The topological polar surface area (TPSA) is 78.9 Å². The second kappa shape index (κ2) is 5.56. The second-order valence-electron chi connectivity index (χ2n) is 5.05. The summed E-state index contributed by atoms with van der Waals surface area (Å²) in [7, 11) is 0. The minimum atomic E-state index is -0.900. The molecule has 1 saturated carbocycles. The highest BCUT2D eigenvalue weighted by Gasteiger charge is 2.38. The molecule has 102 valence electrons. The Balaban J connectivity index is 1.89. The van der Waals surface area contributed by atoms with E-state index in [1.165, 1.54) is 0 Å². The molecule has 1 saturated heterocycles. The van der Waals surface area contributed by atoms with Crippen LogP contribution >= 0.6 is 0 Å². The van der Waals surface area contributed by atoms with E-state index in [0.717, 1.165) is 19.3 Å². The smallest absolute Gasteiger partial charge is 0.318 e. The minimum Gasteiger partial charge on any atom is -0.481 e. The molecule has 3 unspecified atom stereocenters. The number of carboxylic acid groups (broad SMARTS) is 1. The van der Waals surface area contributed by atoms with Gasteiger partial charge in [0.2, 0.25) is 0 Å². The Bertz CT molecular complexity index is 334. The zero-order chi connectivity index (χ0) is 13.1. The van der Waals surface area contributed by atoms with Crippen LogP contribution in [0.1, 0.15) is 32.6 Å². The van der Waals surface area contributed by atoms with Gasteiger partial charge in [0.1, 0.15) is 0 Å². The first-order valence-electron chi connectivity index (χ1n) is 6.48. The summed E-state index contributed by atoms with van der Waals surface area (Å²) in [6, 6.07) is -0.350. The number of amides is 2. The van der Waals surface area contributed by atoms with Crippen LogP contribution in [0.15, 0.2) is 0 Å². The first-order chi connectivity index (χ1) is 8.58. The lowest BCUT2D eigenvalue weighted by atomic mass is 10.1. The van der Waals surface area contributed by atoms with E-state index in [0.29, 0.717) is 13.2 Å². The molecule has 0 spiro atoms. The Morgan fingerprint density at radius 3 is 3.00 bits per heavy atom. The summed E-state index contributed by atoms with van der Waals surface area (Å²) < 4.78 is 5.64. The molecule has 6 heteroatoms. The number of carbonyl (C=O) groups is 2. The average Bonchev–Trinajstić information content (AvgIpc) is 2.74. The molecule has 1 aliphatic heterocycles. The van der Waals surface area contributed by atoms with Crippen LogP contribution in [0, 0.1) is 0 Å². The van der Waals surface area contributed by atoms with Gasteiger partial charge < -0.3 is 20.1 Å². The number of fused-ring (bicyclic) bond motifs is 1. The minimum absolute atomic E-state index is 0.0514. The molecule has 3 atom stereocenters. The van der Waals surface area contributed by atoms with Gasteiger partial charge >= 0.3 is 12.0 Å². The van der Waals surface area contributed by atoms with Gasteiger partial charge in [-0.3, -0.25) is 4.79 Å². The van der Waals surface area contributed by atoms with E-state index in [1.807, 2.05) is 0 Å². The summed E-state index contributed by atoms with van der Waals surface area (Å²) in [6.07, 6.45) is 3.19. The van der Waals surface area contributed by atoms with E-state index in [-0.39, 0.29) is 30.6 Å². The molecule has 2 aliphatic rings. The van der Waals surface area contributed by atoms with Crippen molar-refractivity contribution in [2.24, 2.45) is 0 Å². The van der Waals surface area contributed by atoms with Crippen LogP contribution in [0.5, 0.6) is 0 Å². The van der Waals surface area contributed by atoms with E-state index in [1.54, 1.807) is 11.8 Å². The first kappa shape index (κ1) is 13.1. The second-order valence-corrected chi connectivity index (χ2v) is 5.05. The maximum Gasteiger partial charge on any atom is 0.318 e. The number of carbonyl (C=O) groups excluding carboxylic acids is 1. The van der Waals surface area contributed by atoms with Crippen molar-refractivity contribution in [2.45, 2.75) is 50.8 Å². The van der Waals surface area contributed by atoms with Crippen LogP contribution < -0.4 is 5.32 Å². The summed E-state index contributed by atoms with van der Waals surface area (Å²) in [4.78, 5) is 24.5. The first-order valence-corrected chi connectivity index (χ1v) is 6.48. The van der Waals surface area contributed by atoms with Crippen LogP contribution in [0.3, 0.4) is 0 Å². The summed E-state index contributed by atoms with van der Waals surface area (Å²) in [5.74, 6) is -0.900. The fraction of sp³-hybridized carbons (Fsp3) is 0.833. The van der Waals surface area contributed by atoms with Crippen LogP contribution in [0.4, 0.5) is 4.79 Å². The zero-order valence-electron chi connectivity index (χ0n) is 10.6. The molecule has 2 fully saturated rings. The molecule has 0 bridgehead atoms. The number of nitrogens with zero attached hydrogens (tertiary/aromatic N) is 1. The summed E-state index contributed by atoms with van der Waals surface area (Å²) in [6.45, 7) is 2.87. The standard InChI is InChI=1S/C12H20N2O4/c1-8(7-11(15)16)13-12(17)14-5-6-18-10-4-2-3-9(10)14/h8-10H,2-7H2,1H3,(H,13,17)(H,15,16). The lowest BCUT2D eigenvalue weighted by Gasteiger charge is -2.38. The van der Waals surface area contributed by atoms with Gasteiger partial charge in [0, 0.05) is 12.6 Å². The third-order valence-corrected chi connectivity index (χ3v) is 3.59. The fourth-order valence-corrected chi connectivity index (χ4v) is 2.78. The van der Waals surface area contributed by atoms with Crippen LogP contribution in [-0.2, 0) is 9.53 Å². The Morgan fingerprint density at radius 1 is 1.50 bits per heavy atom. The van der Waals surface area contributed by atoms with Crippen LogP contribution in [0.2, 0.25) is 0 Å². The van der Waals surface area contributed by atoms with Crippen molar-refractivity contribution in [3.8, 4) is 0 Å². The van der Waals surface area contributed by atoms with E-state index in [4.69, 9.17) is 9.84 Å². The van der Waals surface area contributed by atoms with Gasteiger partial charge in [-0.05, 0) is 26.2 Å². The lowest BCUT2D eigenvalue weighted by molar-refractivity contribution is -0.137. The van der Waals surface area contributed by atoms with E-state index in [9.17, 15) is 9.59 Å². The molecule has 0 aromatic carbocycles. The Morgan fingerprint density at radius 2 is 2.28 bits per heavy atom. The molecule has 2 amide bonds. The number of carboxylic acids is 1. The molecule has 2 rings (SSSR count). The normalized spacial score (nSPS) is 28.6. The average molecular weight is 256 g/mol. The van der Waals surface area contributed by atoms with Gasteiger partial charge in [-0.1, -0.05) is 0 Å². The van der Waals surface area contributed by atoms with Gasteiger partial charge in [-0.25, -0.2) is 4.79 Å². The number of ether oxygens (including phenoxy) is 1. The largest absolute Gasteiger partial charge is 0.481 e. The Hall–Kier alpha value is -1.30. The SMILES string of the molecule is CC(CC(=O)O)NC(=O)N1CCOC2CCCC21. The molecular formula is C12H20N2O4. The molecule has 0 aromatic rings. The molecule has 18 heavy (non-hydrogen) atoms. The summed E-state index contributed by atoms with van der Waals surface area (Å²) in [5.41, 5.74) is 0. The molecule has 1 heterocycles. The van der Waals surface area contributed by atoms with E-state index < -0.39 is 5.97 Å². The number of aliphatic carboxylic acids is 1. The van der Waals surface area contributed by atoms with Gasteiger partial charge in [0.05, 0.1) is 25.2 Å². The predicted molar refractivity (Wildman–Crippen MR) is 64.3 cm³/mol. The number of hydrogen-bond donors (Lipinski definition) is 2. The molecule has 6 nitrogen and oxygen atoms in total. The summed E-state index contributed by atoms with van der Waals surface area (Å²) in [5, 5.41) is 11.4. The number of morpholine rings is 1. The highest BCUT2D eigenvalue weighted by Crippen LogP contribution is 2.29. The van der Waals surface area contributed by atoms with Crippen LogP contribution in [0.25, 0.3) is 0 Å². The number of hydrogen-bond acceptors (Lipinski definition) is 3. The fourth-order valence-electron chi connectivity index (χ4n) is 2.78. The van der Waals surface area contributed by atoms with E-state index in [2.05, 4.69) is 5.32 Å². The van der Waals surface area contributed by atoms with Gasteiger partial charge in [-0.15, -0.1) is 0 Å². The van der Waals surface area contributed by atoms with Crippen LogP contribution in [-0.4, -0.2) is 53.3 Å². The molecule has 1 aliphatic carbocycles. The monoisotopic (exact) mass is 256 g/mol. The number of urea groups is 1. The van der Waals surface area contributed by atoms with Crippen molar-refractivity contribution in [3.05, 3.63) is 0 Å². The Kier molecular flexibility index (Phi) is 4.06. The van der Waals surface area contributed by atoms with Crippen molar-refractivity contribution >= 4 is 12.0 Å². The lowest BCUT2D eigenvalue weighted by Crippen LogP contribution is -2.55. The predicted octanol–water partition coefficient (Wildman–Crippen LogP) is 0.812. The van der Waals surface area contributed by atoms with Crippen molar-refractivity contribution < 1.29 is 19.4 Å². The maximum absolute atomic E-state index is 12.1. The maximum atomic E-state index is 12.1. The highest BCUT2D eigenvalue weighted by atomic mass is 16.5. The molecule has 2 N–H and O–H groups in total. The highest BCUT2D eigenvalue weighted by molar-refractivity contribution is 5.76. The van der Waals surface area contributed by atoms with Crippen molar-refractivity contribution in [1.82, 2.24) is 10.2 Å². The van der Waals surface area contributed by atoms with Crippen molar-refractivity contribution in [1.29, 1.82) is 0 Å². The molecular weight excluding hydrogens is 236 g/mol. The quantitative estimate of drug-likeness (QED) is 0.783. The van der Waals surface area contributed by atoms with Crippen molar-refractivity contribution in [2.75, 3.05) is 13.2 Å². The number of nitrogens with one attached hydrogen (secondary N) is 1.